The third kappa shape index (κ3) is 3.66. The molecule has 0 unspecified atom stereocenters. The van der Waals surface area contributed by atoms with E-state index in [-0.39, 0.29) is 16.4 Å². The van der Waals surface area contributed by atoms with Crippen molar-refractivity contribution >= 4 is 27.2 Å². The van der Waals surface area contributed by atoms with Gasteiger partial charge in [0, 0.05) is 18.5 Å². The van der Waals surface area contributed by atoms with Crippen molar-refractivity contribution in [3.63, 3.8) is 0 Å². The summed E-state index contributed by atoms with van der Waals surface area (Å²) in [7, 11) is -3.58. The standard InChI is InChI=1S/C13H14N2O3S2/c14-13(19)10-3-1-5-12(9-10)20(16,17)15-7-6-11-4-2-8-18-11/h1-5,8-9,15H,6-7H2,(H2,14,19). The minimum Gasteiger partial charge on any atom is -0.469 e. The number of thiocarbonyl (C=S) groups is 1. The van der Waals surface area contributed by atoms with E-state index in [1.54, 1.807) is 30.5 Å². The van der Waals surface area contributed by atoms with Gasteiger partial charge in [0.1, 0.15) is 10.7 Å². The van der Waals surface area contributed by atoms with Crippen molar-refractivity contribution in [3.8, 4) is 0 Å². The van der Waals surface area contributed by atoms with Crippen LogP contribution in [0.15, 0.2) is 52.0 Å². The topological polar surface area (TPSA) is 85.3 Å². The molecule has 2 rings (SSSR count). The Morgan fingerprint density at radius 1 is 1.30 bits per heavy atom. The summed E-state index contributed by atoms with van der Waals surface area (Å²) in [6.07, 6.45) is 2.04. The molecule has 0 bridgehead atoms. The lowest BCUT2D eigenvalue weighted by molar-refractivity contribution is 0.506. The smallest absolute Gasteiger partial charge is 0.240 e. The van der Waals surface area contributed by atoms with Crippen LogP contribution in [0.3, 0.4) is 0 Å². The number of hydrogen-bond acceptors (Lipinski definition) is 4. The van der Waals surface area contributed by atoms with Crippen LogP contribution in [0.5, 0.6) is 0 Å². The van der Waals surface area contributed by atoms with E-state index >= 15 is 0 Å². The molecule has 0 saturated carbocycles. The molecule has 0 aliphatic heterocycles. The molecule has 1 heterocycles. The maximum atomic E-state index is 12.1. The van der Waals surface area contributed by atoms with Crippen LogP contribution < -0.4 is 10.5 Å². The molecular formula is C13H14N2O3S2. The van der Waals surface area contributed by atoms with Crippen LogP contribution in [-0.2, 0) is 16.4 Å². The predicted molar refractivity (Wildman–Crippen MR) is 79.9 cm³/mol. The van der Waals surface area contributed by atoms with Crippen molar-refractivity contribution in [2.75, 3.05) is 6.54 Å². The van der Waals surface area contributed by atoms with Crippen molar-refractivity contribution in [1.82, 2.24) is 4.72 Å². The van der Waals surface area contributed by atoms with Gasteiger partial charge in [-0.05, 0) is 24.3 Å². The summed E-state index contributed by atoms with van der Waals surface area (Å²) in [5.74, 6) is 0.726. The molecule has 1 aromatic heterocycles. The Morgan fingerprint density at radius 3 is 2.75 bits per heavy atom. The summed E-state index contributed by atoms with van der Waals surface area (Å²) in [6, 6.07) is 9.78. The molecule has 0 aliphatic rings. The van der Waals surface area contributed by atoms with Crippen molar-refractivity contribution in [1.29, 1.82) is 0 Å². The van der Waals surface area contributed by atoms with Gasteiger partial charge in [-0.3, -0.25) is 0 Å². The first-order valence-electron chi connectivity index (χ1n) is 5.91. The molecule has 0 aliphatic carbocycles. The molecule has 0 radical (unpaired) electrons. The van der Waals surface area contributed by atoms with E-state index < -0.39 is 10.0 Å². The lowest BCUT2D eigenvalue weighted by atomic mass is 10.2. The molecule has 20 heavy (non-hydrogen) atoms. The van der Waals surface area contributed by atoms with Crippen molar-refractivity contribution in [2.45, 2.75) is 11.3 Å². The van der Waals surface area contributed by atoms with E-state index in [1.165, 1.54) is 12.1 Å². The van der Waals surface area contributed by atoms with Crippen molar-refractivity contribution in [3.05, 3.63) is 54.0 Å². The normalized spacial score (nSPS) is 11.4. The fourth-order valence-electron chi connectivity index (χ4n) is 1.66. The summed E-state index contributed by atoms with van der Waals surface area (Å²) in [5, 5.41) is 0. The monoisotopic (exact) mass is 310 g/mol. The SMILES string of the molecule is NC(=S)c1cccc(S(=O)(=O)NCCc2ccco2)c1. The highest BCUT2D eigenvalue weighted by Crippen LogP contribution is 2.11. The first kappa shape index (κ1) is 14.7. The van der Waals surface area contributed by atoms with Crippen molar-refractivity contribution in [2.24, 2.45) is 5.73 Å². The van der Waals surface area contributed by atoms with Gasteiger partial charge in [0.2, 0.25) is 10.0 Å². The van der Waals surface area contributed by atoms with Crippen LogP contribution >= 0.6 is 12.2 Å². The molecule has 0 fully saturated rings. The summed E-state index contributed by atoms with van der Waals surface area (Å²) in [5.41, 5.74) is 6.02. The van der Waals surface area contributed by atoms with Crippen LogP contribution in [0.2, 0.25) is 0 Å². The largest absolute Gasteiger partial charge is 0.469 e. The van der Waals surface area contributed by atoms with Crippen LogP contribution in [0.1, 0.15) is 11.3 Å². The number of benzene rings is 1. The molecule has 106 valence electrons. The highest BCUT2D eigenvalue weighted by Gasteiger charge is 2.14. The van der Waals surface area contributed by atoms with Gasteiger partial charge in [0.25, 0.3) is 0 Å². The molecule has 0 saturated heterocycles. The highest BCUT2D eigenvalue weighted by atomic mass is 32.2. The van der Waals surface area contributed by atoms with E-state index in [0.717, 1.165) is 5.76 Å². The van der Waals surface area contributed by atoms with E-state index in [9.17, 15) is 8.42 Å². The number of rotatable bonds is 6. The zero-order valence-electron chi connectivity index (χ0n) is 10.6. The van der Waals surface area contributed by atoms with Gasteiger partial charge in [-0.2, -0.15) is 0 Å². The van der Waals surface area contributed by atoms with E-state index in [0.29, 0.717) is 12.0 Å². The van der Waals surface area contributed by atoms with Gasteiger partial charge in [0.15, 0.2) is 0 Å². The first-order valence-corrected chi connectivity index (χ1v) is 7.80. The Kier molecular flexibility index (Phi) is 4.53. The van der Waals surface area contributed by atoms with Gasteiger partial charge in [-0.25, -0.2) is 13.1 Å². The van der Waals surface area contributed by atoms with Gasteiger partial charge in [-0.1, -0.05) is 24.4 Å². The van der Waals surface area contributed by atoms with Gasteiger partial charge < -0.3 is 10.2 Å². The molecule has 3 N–H and O–H groups in total. The summed E-state index contributed by atoms with van der Waals surface area (Å²) < 4.78 is 31.9. The van der Waals surface area contributed by atoms with E-state index in [2.05, 4.69) is 4.72 Å². The Balaban J connectivity index is 2.06. The number of furan rings is 1. The second-order valence-corrected chi connectivity index (χ2v) is 6.33. The average molecular weight is 310 g/mol. The first-order chi connectivity index (χ1) is 9.49. The zero-order valence-corrected chi connectivity index (χ0v) is 12.2. The van der Waals surface area contributed by atoms with Crippen LogP contribution in [0, 0.1) is 0 Å². The Morgan fingerprint density at radius 2 is 2.10 bits per heavy atom. The molecule has 2 aromatic rings. The van der Waals surface area contributed by atoms with E-state index in [4.69, 9.17) is 22.4 Å². The molecule has 0 amide bonds. The Labute approximate surface area is 122 Å². The molecular weight excluding hydrogens is 296 g/mol. The quantitative estimate of drug-likeness (QED) is 0.789. The number of sulfonamides is 1. The molecule has 7 heteroatoms. The number of nitrogens with one attached hydrogen (secondary N) is 1. The minimum absolute atomic E-state index is 0.141. The van der Waals surface area contributed by atoms with Gasteiger partial charge >= 0.3 is 0 Å². The lowest BCUT2D eigenvalue weighted by Gasteiger charge is -2.07. The van der Waals surface area contributed by atoms with Crippen LogP contribution in [0.25, 0.3) is 0 Å². The maximum absolute atomic E-state index is 12.1. The van der Waals surface area contributed by atoms with Gasteiger partial charge in [0.05, 0.1) is 11.2 Å². The predicted octanol–water partition coefficient (Wildman–Crippen LogP) is 1.43. The third-order valence-electron chi connectivity index (χ3n) is 2.67. The minimum atomic E-state index is -3.58. The summed E-state index contributed by atoms with van der Waals surface area (Å²) in [6.45, 7) is 0.257. The fraction of sp³-hybridized carbons (Fsp3) is 0.154. The summed E-state index contributed by atoms with van der Waals surface area (Å²) in [4.78, 5) is 0.305. The number of nitrogens with two attached hydrogens (primary N) is 1. The van der Waals surface area contributed by atoms with Crippen molar-refractivity contribution < 1.29 is 12.8 Å². The fourth-order valence-corrected chi connectivity index (χ4v) is 2.87. The average Bonchev–Trinajstić information content (AvgIpc) is 2.92. The van der Waals surface area contributed by atoms with E-state index in [1.807, 2.05) is 0 Å². The zero-order chi connectivity index (χ0) is 14.6. The Bertz CT molecular complexity index is 694. The second kappa shape index (κ2) is 6.17. The lowest BCUT2D eigenvalue weighted by Crippen LogP contribution is -2.26. The third-order valence-corrected chi connectivity index (χ3v) is 4.37. The molecule has 0 atom stereocenters. The summed E-state index contributed by atoms with van der Waals surface area (Å²) >= 11 is 4.84. The molecule has 5 nitrogen and oxygen atoms in total. The number of hydrogen-bond donors (Lipinski definition) is 2. The molecule has 0 spiro atoms. The second-order valence-electron chi connectivity index (χ2n) is 4.12. The van der Waals surface area contributed by atoms with Crippen LogP contribution in [-0.4, -0.2) is 20.0 Å². The molecule has 1 aromatic carbocycles. The van der Waals surface area contributed by atoms with Gasteiger partial charge in [-0.15, -0.1) is 0 Å². The van der Waals surface area contributed by atoms with Crippen LogP contribution in [0.4, 0.5) is 0 Å². The Hall–Kier alpha value is -1.70. The maximum Gasteiger partial charge on any atom is 0.240 e. The highest BCUT2D eigenvalue weighted by molar-refractivity contribution is 7.89.